The van der Waals surface area contributed by atoms with Crippen LogP contribution in [0.25, 0.3) is 0 Å². The second-order valence-corrected chi connectivity index (χ2v) is 7.17. The maximum absolute atomic E-state index is 14.1. The Hall–Kier alpha value is -1.13. The molecule has 2 aliphatic rings. The number of hydrogen-bond acceptors (Lipinski definition) is 2. The lowest BCUT2D eigenvalue weighted by Crippen LogP contribution is -2.43. The third-order valence-corrected chi connectivity index (χ3v) is 5.78. The SMILES string of the molecule is O=C1CCCN1C1CCC(CO)C(Cc2c(F)cccc2Cl)C1. The Balaban J connectivity index is 1.76. The van der Waals surface area contributed by atoms with Crippen LogP contribution in [0.3, 0.4) is 0 Å². The topological polar surface area (TPSA) is 40.5 Å². The van der Waals surface area contributed by atoms with Gasteiger partial charge in [-0.25, -0.2) is 4.39 Å². The van der Waals surface area contributed by atoms with Gasteiger partial charge < -0.3 is 10.0 Å². The normalized spacial score (nSPS) is 28.4. The molecule has 1 aliphatic heterocycles. The fourth-order valence-corrected chi connectivity index (χ4v) is 4.36. The van der Waals surface area contributed by atoms with Crippen LogP contribution in [-0.2, 0) is 11.2 Å². The van der Waals surface area contributed by atoms with E-state index in [4.69, 9.17) is 11.6 Å². The summed E-state index contributed by atoms with van der Waals surface area (Å²) in [5, 5.41) is 10.1. The van der Waals surface area contributed by atoms with Crippen LogP contribution in [0.1, 0.15) is 37.7 Å². The minimum absolute atomic E-state index is 0.109. The molecule has 0 radical (unpaired) electrons. The first-order valence-electron chi connectivity index (χ1n) is 8.43. The number of benzene rings is 1. The molecule has 3 atom stereocenters. The first-order chi connectivity index (χ1) is 11.1. The first-order valence-corrected chi connectivity index (χ1v) is 8.81. The van der Waals surface area contributed by atoms with Crippen LogP contribution in [-0.4, -0.2) is 35.1 Å². The average molecular weight is 340 g/mol. The smallest absolute Gasteiger partial charge is 0.222 e. The van der Waals surface area contributed by atoms with E-state index in [1.807, 2.05) is 4.90 Å². The van der Waals surface area contributed by atoms with Gasteiger partial charge in [0.1, 0.15) is 5.82 Å². The quantitative estimate of drug-likeness (QED) is 0.913. The number of hydrogen-bond donors (Lipinski definition) is 1. The summed E-state index contributed by atoms with van der Waals surface area (Å²) in [6.07, 6.45) is 4.73. The summed E-state index contributed by atoms with van der Waals surface area (Å²) in [6, 6.07) is 4.97. The molecule has 1 amide bonds. The van der Waals surface area contributed by atoms with Gasteiger partial charge in [0.2, 0.25) is 5.91 Å². The molecular weight excluding hydrogens is 317 g/mol. The highest BCUT2D eigenvalue weighted by Gasteiger charge is 2.36. The number of aliphatic hydroxyl groups is 1. The van der Waals surface area contributed by atoms with Crippen LogP contribution < -0.4 is 0 Å². The molecule has 1 N–H and O–H groups in total. The summed E-state index contributed by atoms with van der Waals surface area (Å²) in [5.74, 6) is 0.259. The molecule has 0 bridgehead atoms. The lowest BCUT2D eigenvalue weighted by atomic mass is 9.74. The van der Waals surface area contributed by atoms with E-state index < -0.39 is 0 Å². The highest BCUT2D eigenvalue weighted by Crippen LogP contribution is 2.37. The number of likely N-dealkylation sites (tertiary alicyclic amines) is 1. The summed E-state index contributed by atoms with van der Waals surface area (Å²) in [5.41, 5.74) is 0.533. The Labute approximate surface area is 141 Å². The number of carbonyl (C=O) groups excluding carboxylic acids is 1. The van der Waals surface area contributed by atoms with Crippen molar-refractivity contribution in [1.29, 1.82) is 0 Å². The van der Waals surface area contributed by atoms with Crippen molar-refractivity contribution in [1.82, 2.24) is 4.90 Å². The van der Waals surface area contributed by atoms with E-state index in [1.165, 1.54) is 6.07 Å². The van der Waals surface area contributed by atoms with Gasteiger partial charge in [0.15, 0.2) is 0 Å². The average Bonchev–Trinajstić information content (AvgIpc) is 2.97. The molecule has 1 aromatic rings. The van der Waals surface area contributed by atoms with E-state index in [1.54, 1.807) is 12.1 Å². The number of amides is 1. The van der Waals surface area contributed by atoms with Crippen LogP contribution in [0.15, 0.2) is 18.2 Å². The van der Waals surface area contributed by atoms with Crippen LogP contribution in [0.2, 0.25) is 5.02 Å². The predicted molar refractivity (Wildman–Crippen MR) is 87.8 cm³/mol. The zero-order chi connectivity index (χ0) is 16.4. The van der Waals surface area contributed by atoms with Gasteiger partial charge in [0, 0.05) is 36.2 Å². The fourth-order valence-electron chi connectivity index (χ4n) is 4.12. The van der Waals surface area contributed by atoms with Gasteiger partial charge in [-0.2, -0.15) is 0 Å². The lowest BCUT2D eigenvalue weighted by Gasteiger charge is -2.39. The highest BCUT2D eigenvalue weighted by atomic mass is 35.5. The van der Waals surface area contributed by atoms with E-state index in [2.05, 4.69) is 0 Å². The molecule has 1 aliphatic carbocycles. The molecule has 0 aromatic heterocycles. The zero-order valence-electron chi connectivity index (χ0n) is 13.2. The summed E-state index contributed by atoms with van der Waals surface area (Å²) < 4.78 is 14.1. The summed E-state index contributed by atoms with van der Waals surface area (Å²) in [7, 11) is 0. The molecular formula is C18H23ClFNO2. The Bertz CT molecular complexity index is 560. The minimum atomic E-state index is -0.284. The molecule has 2 fully saturated rings. The van der Waals surface area contributed by atoms with Crippen LogP contribution in [0.5, 0.6) is 0 Å². The standard InChI is InChI=1S/C18H23ClFNO2/c19-16-3-1-4-17(20)15(16)10-13-9-14(7-6-12(13)11-22)21-8-2-5-18(21)23/h1,3-4,12-14,22H,2,5-11H2. The summed E-state index contributed by atoms with van der Waals surface area (Å²) in [6.45, 7) is 0.942. The first kappa shape index (κ1) is 16.7. The van der Waals surface area contributed by atoms with E-state index in [0.717, 1.165) is 32.2 Å². The largest absolute Gasteiger partial charge is 0.396 e. The van der Waals surface area contributed by atoms with Crippen molar-refractivity contribution in [2.45, 2.75) is 44.6 Å². The zero-order valence-corrected chi connectivity index (χ0v) is 13.9. The minimum Gasteiger partial charge on any atom is -0.396 e. The number of aliphatic hydroxyl groups excluding tert-OH is 1. The summed E-state index contributed by atoms with van der Waals surface area (Å²) in [4.78, 5) is 14.0. The number of rotatable bonds is 4. The highest BCUT2D eigenvalue weighted by molar-refractivity contribution is 6.31. The maximum atomic E-state index is 14.1. The molecule has 23 heavy (non-hydrogen) atoms. The molecule has 126 valence electrons. The van der Waals surface area contributed by atoms with Crippen LogP contribution in [0.4, 0.5) is 4.39 Å². The van der Waals surface area contributed by atoms with Crippen LogP contribution >= 0.6 is 11.6 Å². The van der Waals surface area contributed by atoms with Crippen molar-refractivity contribution in [2.75, 3.05) is 13.2 Å². The third-order valence-electron chi connectivity index (χ3n) is 5.43. The number of carbonyl (C=O) groups is 1. The predicted octanol–water partition coefficient (Wildman–Crippen LogP) is 3.42. The summed E-state index contributed by atoms with van der Waals surface area (Å²) >= 11 is 6.16. The third kappa shape index (κ3) is 3.53. The van der Waals surface area contributed by atoms with E-state index in [9.17, 15) is 14.3 Å². The molecule has 3 unspecified atom stereocenters. The molecule has 1 saturated heterocycles. The van der Waals surface area contributed by atoms with Gasteiger partial charge in [-0.15, -0.1) is 0 Å². The van der Waals surface area contributed by atoms with Crippen molar-refractivity contribution in [2.24, 2.45) is 11.8 Å². The van der Waals surface area contributed by atoms with Gasteiger partial charge in [-0.1, -0.05) is 17.7 Å². The van der Waals surface area contributed by atoms with Gasteiger partial charge in [0.25, 0.3) is 0 Å². The Morgan fingerprint density at radius 1 is 1.30 bits per heavy atom. The monoisotopic (exact) mass is 339 g/mol. The van der Waals surface area contributed by atoms with Crippen molar-refractivity contribution < 1.29 is 14.3 Å². The molecule has 5 heteroatoms. The second kappa shape index (κ2) is 7.18. The fraction of sp³-hybridized carbons (Fsp3) is 0.611. The van der Waals surface area contributed by atoms with Gasteiger partial charge in [0.05, 0.1) is 0 Å². The molecule has 1 saturated carbocycles. The Morgan fingerprint density at radius 2 is 2.13 bits per heavy atom. The van der Waals surface area contributed by atoms with E-state index in [-0.39, 0.29) is 36.2 Å². The van der Waals surface area contributed by atoms with E-state index >= 15 is 0 Å². The number of nitrogens with zero attached hydrogens (tertiary/aromatic N) is 1. The maximum Gasteiger partial charge on any atom is 0.222 e. The lowest BCUT2D eigenvalue weighted by molar-refractivity contribution is -0.130. The van der Waals surface area contributed by atoms with Crippen molar-refractivity contribution in [3.63, 3.8) is 0 Å². The number of halogens is 2. The van der Waals surface area contributed by atoms with E-state index in [0.29, 0.717) is 23.4 Å². The second-order valence-electron chi connectivity index (χ2n) is 6.76. The molecule has 0 spiro atoms. The van der Waals surface area contributed by atoms with Gasteiger partial charge >= 0.3 is 0 Å². The van der Waals surface area contributed by atoms with Crippen molar-refractivity contribution in [3.05, 3.63) is 34.6 Å². The Kier molecular flexibility index (Phi) is 5.22. The molecule has 1 heterocycles. The molecule has 3 rings (SSSR count). The molecule has 1 aromatic carbocycles. The van der Waals surface area contributed by atoms with Gasteiger partial charge in [-0.05, 0) is 56.1 Å². The van der Waals surface area contributed by atoms with Crippen LogP contribution in [0, 0.1) is 17.7 Å². The van der Waals surface area contributed by atoms with Crippen molar-refractivity contribution >= 4 is 17.5 Å². The molecule has 3 nitrogen and oxygen atoms in total. The van der Waals surface area contributed by atoms with Crippen molar-refractivity contribution in [3.8, 4) is 0 Å². The van der Waals surface area contributed by atoms with Gasteiger partial charge in [-0.3, -0.25) is 4.79 Å². The Morgan fingerprint density at radius 3 is 2.78 bits per heavy atom.